The fourth-order valence-corrected chi connectivity index (χ4v) is 6.38. The summed E-state index contributed by atoms with van der Waals surface area (Å²) in [5.74, 6) is 1.35. The molecule has 5 aromatic rings. The number of anilines is 4. The van der Waals surface area contributed by atoms with Crippen LogP contribution in [0.1, 0.15) is 16.5 Å². The maximum Gasteiger partial charge on any atom is 0.336 e. The molecule has 10 nitrogen and oxygen atoms in total. The number of ether oxygens (including phenoxy) is 1. The van der Waals surface area contributed by atoms with Gasteiger partial charge in [-0.15, -0.1) is 11.8 Å². The Morgan fingerprint density at radius 2 is 1.79 bits per heavy atom. The molecule has 1 amide bonds. The maximum atomic E-state index is 12.9. The van der Waals surface area contributed by atoms with E-state index in [4.69, 9.17) is 32.4 Å². The Hall–Kier alpha value is -4.32. The van der Waals surface area contributed by atoms with Gasteiger partial charge in [-0.3, -0.25) is 9.69 Å². The average molecular weight is 636 g/mol. The van der Waals surface area contributed by atoms with Gasteiger partial charge in [0.1, 0.15) is 16.7 Å². The molecule has 1 unspecified atom stereocenters. The second-order valence-electron chi connectivity index (χ2n) is 9.91. The second kappa shape index (κ2) is 11.8. The Bertz CT molecular complexity index is 1920. The van der Waals surface area contributed by atoms with Gasteiger partial charge in [0.15, 0.2) is 0 Å². The number of hydrogen-bond acceptors (Lipinski definition) is 10. The highest BCUT2D eigenvalue weighted by molar-refractivity contribution is 8.00. The highest BCUT2D eigenvalue weighted by atomic mass is 35.5. The molecule has 1 N–H and O–H groups in total. The van der Waals surface area contributed by atoms with Crippen molar-refractivity contribution in [2.45, 2.75) is 12.3 Å². The van der Waals surface area contributed by atoms with Crippen molar-refractivity contribution in [3.8, 4) is 11.8 Å². The van der Waals surface area contributed by atoms with Crippen LogP contribution in [0.2, 0.25) is 10.0 Å². The van der Waals surface area contributed by atoms with Gasteiger partial charge < -0.3 is 19.4 Å². The smallest absolute Gasteiger partial charge is 0.336 e. The highest BCUT2D eigenvalue weighted by Crippen LogP contribution is 2.44. The zero-order valence-electron chi connectivity index (χ0n) is 23.2. The lowest BCUT2D eigenvalue weighted by molar-refractivity contribution is -0.115. The van der Waals surface area contributed by atoms with Crippen molar-refractivity contribution in [1.82, 2.24) is 15.0 Å². The van der Waals surface area contributed by atoms with Crippen LogP contribution in [0, 0.1) is 6.92 Å². The minimum Gasteiger partial charge on any atom is -0.424 e. The third-order valence-electron chi connectivity index (χ3n) is 6.63. The minimum absolute atomic E-state index is 0.0141. The summed E-state index contributed by atoms with van der Waals surface area (Å²) in [6, 6.07) is 19.3. The topological polar surface area (TPSA) is 114 Å². The number of fused-ring (bicyclic) bond motifs is 1. The Kier molecular flexibility index (Phi) is 7.87. The van der Waals surface area contributed by atoms with Gasteiger partial charge in [-0.2, -0.15) is 15.0 Å². The molecule has 2 aromatic heterocycles. The Morgan fingerprint density at radius 1 is 1.00 bits per heavy atom. The van der Waals surface area contributed by atoms with Gasteiger partial charge in [0, 0.05) is 58.6 Å². The van der Waals surface area contributed by atoms with E-state index < -0.39 is 5.63 Å². The van der Waals surface area contributed by atoms with Crippen LogP contribution < -0.4 is 25.5 Å². The fourth-order valence-electron chi connectivity index (χ4n) is 4.59. The van der Waals surface area contributed by atoms with Crippen molar-refractivity contribution in [2.24, 2.45) is 0 Å². The molecule has 6 rings (SSSR count). The van der Waals surface area contributed by atoms with Crippen LogP contribution in [0.4, 0.5) is 23.3 Å². The van der Waals surface area contributed by atoms with Gasteiger partial charge in [0.05, 0.1) is 5.75 Å². The van der Waals surface area contributed by atoms with Gasteiger partial charge in [-0.25, -0.2) is 4.79 Å². The Labute approximate surface area is 260 Å². The van der Waals surface area contributed by atoms with Gasteiger partial charge in [0.2, 0.25) is 17.8 Å². The number of nitrogens with one attached hydrogen (secondary N) is 1. The molecule has 43 heavy (non-hydrogen) atoms. The number of amides is 1. The minimum atomic E-state index is -0.438. The SMILES string of the molecule is Cc1cc(=O)oc2cc(Oc3nc(Nc4ccc(N5C(=O)CSC5c5ccc(Cl)cc5Cl)cc4)nc(N(C)C)n3)ccc12. The van der Waals surface area contributed by atoms with Gasteiger partial charge in [-0.1, -0.05) is 29.3 Å². The first-order valence-electron chi connectivity index (χ1n) is 13.1. The molecule has 1 fully saturated rings. The van der Waals surface area contributed by atoms with E-state index in [9.17, 15) is 9.59 Å². The van der Waals surface area contributed by atoms with Crippen molar-refractivity contribution in [2.75, 3.05) is 35.0 Å². The summed E-state index contributed by atoms with van der Waals surface area (Å²) in [7, 11) is 3.61. The predicted molar refractivity (Wildman–Crippen MR) is 170 cm³/mol. The summed E-state index contributed by atoms with van der Waals surface area (Å²) >= 11 is 14.1. The first-order valence-corrected chi connectivity index (χ1v) is 14.9. The zero-order valence-corrected chi connectivity index (χ0v) is 25.5. The Balaban J connectivity index is 1.24. The third kappa shape index (κ3) is 6.10. The summed E-state index contributed by atoms with van der Waals surface area (Å²) < 4.78 is 11.3. The first kappa shape index (κ1) is 28.8. The molecule has 13 heteroatoms. The number of aromatic nitrogens is 3. The van der Waals surface area contributed by atoms with Crippen LogP contribution in [0.25, 0.3) is 11.0 Å². The lowest BCUT2D eigenvalue weighted by Gasteiger charge is -2.25. The van der Waals surface area contributed by atoms with Crippen molar-refractivity contribution in [3.63, 3.8) is 0 Å². The van der Waals surface area contributed by atoms with Gasteiger partial charge in [-0.05, 0) is 61.0 Å². The van der Waals surface area contributed by atoms with Gasteiger partial charge >= 0.3 is 11.6 Å². The second-order valence-corrected chi connectivity index (χ2v) is 11.8. The quantitative estimate of drug-likeness (QED) is 0.188. The van der Waals surface area contributed by atoms with Crippen LogP contribution in [0.5, 0.6) is 11.8 Å². The number of halogens is 2. The van der Waals surface area contributed by atoms with Crippen LogP contribution >= 0.6 is 35.0 Å². The van der Waals surface area contributed by atoms with Crippen LogP contribution in [-0.4, -0.2) is 40.7 Å². The molecule has 1 aliphatic heterocycles. The molecule has 0 saturated carbocycles. The number of thioether (sulfide) groups is 1. The lowest BCUT2D eigenvalue weighted by Crippen LogP contribution is -2.27. The van der Waals surface area contributed by atoms with E-state index in [1.807, 2.05) is 43.3 Å². The first-order chi connectivity index (χ1) is 20.6. The summed E-state index contributed by atoms with van der Waals surface area (Å²) in [5, 5.41) is 4.77. The van der Waals surface area contributed by atoms with E-state index in [1.165, 1.54) is 17.8 Å². The standard InChI is InChI=1S/C30H24Cl2N6O4S/c1-16-12-26(40)42-24-14-20(9-11-21(16)24)41-30-35-28(34-29(36-30)37(2)3)33-18-5-7-19(8-6-18)38-25(39)15-43-27(38)22-10-4-17(31)13-23(22)32/h4-14,27H,15H2,1-3H3,(H,33,34,35,36). The summed E-state index contributed by atoms with van der Waals surface area (Å²) in [5.41, 5.74) is 3.01. The van der Waals surface area contributed by atoms with Crippen LogP contribution in [0.3, 0.4) is 0 Å². The molecule has 1 atom stereocenters. The molecule has 218 valence electrons. The molecule has 0 radical (unpaired) electrons. The normalized spacial score (nSPS) is 14.8. The molecule has 0 bridgehead atoms. The maximum absolute atomic E-state index is 12.9. The number of carbonyl (C=O) groups is 1. The van der Waals surface area contributed by atoms with Crippen molar-refractivity contribution in [3.05, 3.63) is 98.3 Å². The lowest BCUT2D eigenvalue weighted by atomic mass is 10.1. The summed E-state index contributed by atoms with van der Waals surface area (Å²) in [6.45, 7) is 1.84. The molecular weight excluding hydrogens is 611 g/mol. The van der Waals surface area contributed by atoms with Gasteiger partial charge in [0.25, 0.3) is 0 Å². The van der Waals surface area contributed by atoms with E-state index in [2.05, 4.69) is 20.3 Å². The number of benzene rings is 3. The molecule has 0 spiro atoms. The predicted octanol–water partition coefficient (Wildman–Crippen LogP) is 6.97. The largest absolute Gasteiger partial charge is 0.424 e. The number of nitrogens with zero attached hydrogens (tertiary/aromatic N) is 5. The zero-order chi connectivity index (χ0) is 30.2. The number of hydrogen-bond donors (Lipinski definition) is 1. The number of carbonyl (C=O) groups excluding carboxylic acids is 1. The monoisotopic (exact) mass is 634 g/mol. The number of rotatable bonds is 7. The molecule has 3 heterocycles. The highest BCUT2D eigenvalue weighted by Gasteiger charge is 2.35. The van der Waals surface area contributed by atoms with Crippen molar-refractivity contribution < 1.29 is 13.9 Å². The van der Waals surface area contributed by atoms with Crippen LogP contribution in [0.15, 0.2) is 75.9 Å². The third-order valence-corrected chi connectivity index (χ3v) is 8.39. The molecular formula is C30H24Cl2N6O4S. The summed E-state index contributed by atoms with van der Waals surface area (Å²) in [6.07, 6.45) is 0. The molecule has 1 aliphatic rings. The molecule has 3 aromatic carbocycles. The van der Waals surface area contributed by atoms with E-state index >= 15 is 0 Å². The molecule has 0 aliphatic carbocycles. The van der Waals surface area contributed by atoms with Crippen molar-refractivity contribution in [1.29, 1.82) is 0 Å². The van der Waals surface area contributed by atoms with E-state index in [1.54, 1.807) is 48.2 Å². The van der Waals surface area contributed by atoms with Crippen molar-refractivity contribution >= 4 is 75.1 Å². The van der Waals surface area contributed by atoms with E-state index in [-0.39, 0.29) is 23.2 Å². The Morgan fingerprint density at radius 3 is 2.53 bits per heavy atom. The fraction of sp³-hybridized carbons (Fsp3) is 0.167. The number of aryl methyl sites for hydroxylation is 1. The molecule has 1 saturated heterocycles. The summed E-state index contributed by atoms with van der Waals surface area (Å²) in [4.78, 5) is 41.5. The van der Waals surface area contributed by atoms with Crippen LogP contribution in [-0.2, 0) is 4.79 Å². The van der Waals surface area contributed by atoms with E-state index in [0.717, 1.165) is 22.2 Å². The average Bonchev–Trinajstić information content (AvgIpc) is 3.33. The van der Waals surface area contributed by atoms with E-state index in [0.29, 0.717) is 38.8 Å².